The molecule has 2 aromatic rings. The fourth-order valence-corrected chi connectivity index (χ4v) is 1.49. The first-order valence-corrected chi connectivity index (χ1v) is 4.76. The molecule has 0 spiro atoms. The molecule has 1 aromatic heterocycles. The Hall–Kier alpha value is -2.52. The molecule has 0 fully saturated rings. The zero-order valence-electron chi connectivity index (χ0n) is 8.81. The molecule has 0 N–H and O–H groups in total. The van der Waals surface area contributed by atoms with Crippen molar-refractivity contribution in [1.29, 1.82) is 5.26 Å². The Balaban J connectivity index is 2.59. The number of benzene rings is 1. The van der Waals surface area contributed by atoms with Gasteiger partial charge in [0.05, 0.1) is 23.3 Å². The van der Waals surface area contributed by atoms with Gasteiger partial charge in [-0.25, -0.2) is 4.98 Å². The van der Waals surface area contributed by atoms with Crippen molar-refractivity contribution in [3.05, 3.63) is 47.5 Å². The molecular weight excluding hydrogens is 198 g/mol. The molecule has 0 unspecified atom stereocenters. The number of hydrogen-bond donors (Lipinski definition) is 0. The van der Waals surface area contributed by atoms with Crippen LogP contribution in [0.15, 0.2) is 30.7 Å². The van der Waals surface area contributed by atoms with Crippen LogP contribution in [0.2, 0.25) is 0 Å². The molecule has 0 bridgehead atoms. The monoisotopic (exact) mass is 207 g/mol. The van der Waals surface area contributed by atoms with E-state index in [9.17, 15) is 0 Å². The Bertz CT molecular complexity index is 609. The first kappa shape index (κ1) is 10.0. The highest BCUT2D eigenvalue weighted by molar-refractivity contribution is 5.53. The molecule has 1 heterocycles. The number of terminal acetylenes is 1. The van der Waals surface area contributed by atoms with Crippen molar-refractivity contribution in [1.82, 2.24) is 9.55 Å². The summed E-state index contributed by atoms with van der Waals surface area (Å²) in [5.41, 5.74) is 2.96. The van der Waals surface area contributed by atoms with Crippen molar-refractivity contribution >= 4 is 0 Å². The highest BCUT2D eigenvalue weighted by Gasteiger charge is 2.05. The second-order valence-corrected chi connectivity index (χ2v) is 3.41. The average Bonchev–Trinajstić information content (AvgIpc) is 2.74. The number of rotatable bonds is 1. The SMILES string of the molecule is C#Cc1ccc(-n2cnc(C)c2)c(C#N)c1. The third kappa shape index (κ3) is 1.67. The molecule has 0 aliphatic carbocycles. The molecule has 0 amide bonds. The maximum Gasteiger partial charge on any atom is 0.101 e. The summed E-state index contributed by atoms with van der Waals surface area (Å²) < 4.78 is 1.81. The lowest BCUT2D eigenvalue weighted by atomic mass is 10.1. The van der Waals surface area contributed by atoms with Gasteiger partial charge in [-0.1, -0.05) is 5.92 Å². The van der Waals surface area contributed by atoms with Crippen LogP contribution in [0.5, 0.6) is 0 Å². The zero-order valence-corrected chi connectivity index (χ0v) is 8.81. The first-order chi connectivity index (χ1) is 7.74. The Morgan fingerprint density at radius 1 is 1.44 bits per heavy atom. The largest absolute Gasteiger partial charge is 0.305 e. The van der Waals surface area contributed by atoms with Gasteiger partial charge >= 0.3 is 0 Å². The van der Waals surface area contributed by atoms with Crippen LogP contribution in [0, 0.1) is 30.6 Å². The van der Waals surface area contributed by atoms with Gasteiger partial charge in [0, 0.05) is 11.8 Å². The number of hydrogen-bond acceptors (Lipinski definition) is 2. The standard InChI is InChI=1S/C13H9N3/c1-3-11-4-5-13(12(6-11)7-14)16-8-10(2)15-9-16/h1,4-6,8-9H,2H3. The topological polar surface area (TPSA) is 41.6 Å². The number of imidazole rings is 1. The summed E-state index contributed by atoms with van der Waals surface area (Å²) in [6.07, 6.45) is 8.84. The van der Waals surface area contributed by atoms with Crippen LogP contribution in [0.1, 0.15) is 16.8 Å². The van der Waals surface area contributed by atoms with Crippen LogP contribution in [0.25, 0.3) is 5.69 Å². The van der Waals surface area contributed by atoms with Crippen LogP contribution in [0.4, 0.5) is 0 Å². The molecule has 1 aromatic carbocycles. The van der Waals surface area contributed by atoms with E-state index in [0.717, 1.165) is 11.4 Å². The molecule has 0 aliphatic heterocycles. The van der Waals surface area contributed by atoms with Crippen molar-refractivity contribution < 1.29 is 0 Å². The highest BCUT2D eigenvalue weighted by atomic mass is 15.0. The quantitative estimate of drug-likeness (QED) is 0.671. The minimum absolute atomic E-state index is 0.549. The number of nitriles is 1. The predicted molar refractivity (Wildman–Crippen MR) is 61.0 cm³/mol. The molecule has 3 heteroatoms. The number of aromatic nitrogens is 2. The molecule has 3 nitrogen and oxygen atoms in total. The van der Waals surface area contributed by atoms with Crippen molar-refractivity contribution in [3.63, 3.8) is 0 Å². The van der Waals surface area contributed by atoms with Gasteiger partial charge in [-0.05, 0) is 25.1 Å². The summed E-state index contributed by atoms with van der Waals surface area (Å²) in [5.74, 6) is 2.51. The molecule has 76 valence electrons. The van der Waals surface area contributed by atoms with E-state index in [0.29, 0.717) is 11.1 Å². The fourth-order valence-electron chi connectivity index (χ4n) is 1.49. The lowest BCUT2D eigenvalue weighted by Gasteiger charge is -2.04. The molecule has 2 rings (SSSR count). The summed E-state index contributed by atoms with van der Waals surface area (Å²) >= 11 is 0. The van der Waals surface area contributed by atoms with E-state index >= 15 is 0 Å². The molecular formula is C13H9N3. The third-order valence-corrected chi connectivity index (χ3v) is 2.27. The highest BCUT2D eigenvalue weighted by Crippen LogP contribution is 2.16. The second-order valence-electron chi connectivity index (χ2n) is 3.41. The Labute approximate surface area is 94.0 Å². The normalized spacial score (nSPS) is 9.44. The van der Waals surface area contributed by atoms with Crippen molar-refractivity contribution in [2.45, 2.75) is 6.92 Å². The van der Waals surface area contributed by atoms with Gasteiger partial charge in [0.2, 0.25) is 0 Å². The van der Waals surface area contributed by atoms with Crippen LogP contribution < -0.4 is 0 Å². The number of aryl methyl sites for hydroxylation is 1. The first-order valence-electron chi connectivity index (χ1n) is 4.76. The van der Waals surface area contributed by atoms with Crippen molar-refractivity contribution in [2.24, 2.45) is 0 Å². The minimum Gasteiger partial charge on any atom is -0.305 e. The van der Waals surface area contributed by atoms with Crippen molar-refractivity contribution in [3.8, 4) is 24.1 Å². The van der Waals surface area contributed by atoms with E-state index < -0.39 is 0 Å². The van der Waals surface area contributed by atoms with Crippen LogP contribution in [0.3, 0.4) is 0 Å². The van der Waals surface area contributed by atoms with Gasteiger partial charge in [0.25, 0.3) is 0 Å². The summed E-state index contributed by atoms with van der Waals surface area (Å²) in [6.45, 7) is 1.90. The maximum atomic E-state index is 9.05. The number of nitrogens with zero attached hydrogens (tertiary/aromatic N) is 3. The van der Waals surface area contributed by atoms with E-state index in [1.165, 1.54) is 0 Å². The van der Waals surface area contributed by atoms with Gasteiger partial charge < -0.3 is 4.57 Å². The lowest BCUT2D eigenvalue weighted by Crippen LogP contribution is -1.95. The second kappa shape index (κ2) is 3.92. The van der Waals surface area contributed by atoms with Gasteiger partial charge in [0.15, 0.2) is 0 Å². The van der Waals surface area contributed by atoms with Crippen LogP contribution >= 0.6 is 0 Å². The van der Waals surface area contributed by atoms with E-state index in [2.05, 4.69) is 17.0 Å². The van der Waals surface area contributed by atoms with Gasteiger partial charge in [-0.2, -0.15) is 5.26 Å². The third-order valence-electron chi connectivity index (χ3n) is 2.27. The van der Waals surface area contributed by atoms with Crippen LogP contribution in [-0.2, 0) is 0 Å². The minimum atomic E-state index is 0.549. The van der Waals surface area contributed by atoms with E-state index in [-0.39, 0.29) is 0 Å². The molecule has 0 saturated carbocycles. The maximum absolute atomic E-state index is 9.05. The smallest absolute Gasteiger partial charge is 0.101 e. The van der Waals surface area contributed by atoms with E-state index in [4.69, 9.17) is 11.7 Å². The van der Waals surface area contributed by atoms with Crippen molar-refractivity contribution in [2.75, 3.05) is 0 Å². The average molecular weight is 207 g/mol. The zero-order chi connectivity index (χ0) is 11.5. The Kier molecular flexibility index (Phi) is 2.45. The predicted octanol–water partition coefficient (Wildman–Crippen LogP) is 2.03. The molecule has 0 atom stereocenters. The molecule has 0 radical (unpaired) electrons. The Morgan fingerprint density at radius 2 is 2.25 bits per heavy atom. The molecule has 0 saturated heterocycles. The Morgan fingerprint density at radius 3 is 2.81 bits per heavy atom. The summed E-state index contributed by atoms with van der Waals surface area (Å²) in [4.78, 5) is 4.12. The van der Waals surface area contributed by atoms with E-state index in [1.807, 2.05) is 29.8 Å². The summed E-state index contributed by atoms with van der Waals surface area (Å²) in [5, 5.41) is 9.05. The summed E-state index contributed by atoms with van der Waals surface area (Å²) in [6, 6.07) is 7.47. The lowest BCUT2D eigenvalue weighted by molar-refractivity contribution is 1.05. The van der Waals surface area contributed by atoms with Gasteiger partial charge in [-0.3, -0.25) is 0 Å². The van der Waals surface area contributed by atoms with Gasteiger partial charge in [0.1, 0.15) is 6.07 Å². The fraction of sp³-hybridized carbons (Fsp3) is 0.0769. The van der Waals surface area contributed by atoms with E-state index in [1.54, 1.807) is 12.4 Å². The summed E-state index contributed by atoms with van der Waals surface area (Å²) in [7, 11) is 0. The molecule has 0 aliphatic rings. The molecule has 16 heavy (non-hydrogen) atoms. The van der Waals surface area contributed by atoms with Gasteiger partial charge in [-0.15, -0.1) is 6.42 Å². The van der Waals surface area contributed by atoms with Crippen LogP contribution in [-0.4, -0.2) is 9.55 Å².